The van der Waals surface area contributed by atoms with Crippen molar-refractivity contribution in [3.8, 4) is 5.69 Å². The molecule has 0 spiro atoms. The van der Waals surface area contributed by atoms with Crippen molar-refractivity contribution in [1.29, 1.82) is 0 Å². The molecule has 26 heavy (non-hydrogen) atoms. The number of nitrogens with zero attached hydrogens (tertiary/aromatic N) is 2. The van der Waals surface area contributed by atoms with E-state index in [9.17, 15) is 9.59 Å². The Kier molecular flexibility index (Phi) is 6.04. The number of carbonyl (C=O) groups is 2. The van der Waals surface area contributed by atoms with E-state index in [4.69, 9.17) is 0 Å². The van der Waals surface area contributed by atoms with E-state index in [-0.39, 0.29) is 17.7 Å². The van der Waals surface area contributed by atoms with Gasteiger partial charge >= 0.3 is 0 Å². The van der Waals surface area contributed by atoms with Crippen molar-refractivity contribution in [1.82, 2.24) is 20.4 Å². The van der Waals surface area contributed by atoms with Crippen molar-refractivity contribution in [3.63, 3.8) is 0 Å². The largest absolute Gasteiger partial charge is 0.354 e. The van der Waals surface area contributed by atoms with Gasteiger partial charge in [-0.25, -0.2) is 4.68 Å². The van der Waals surface area contributed by atoms with Crippen LogP contribution < -0.4 is 10.6 Å². The molecule has 1 aromatic heterocycles. The van der Waals surface area contributed by atoms with Gasteiger partial charge in [0.1, 0.15) is 6.04 Å². The summed E-state index contributed by atoms with van der Waals surface area (Å²) in [5.74, 6) is -0.0600. The minimum Gasteiger partial charge on any atom is -0.354 e. The van der Waals surface area contributed by atoms with E-state index >= 15 is 0 Å². The molecule has 1 unspecified atom stereocenters. The third-order valence-electron chi connectivity index (χ3n) is 4.85. The molecule has 0 saturated heterocycles. The highest BCUT2D eigenvalue weighted by molar-refractivity contribution is 5.88. The summed E-state index contributed by atoms with van der Waals surface area (Å²) in [6.07, 6.45) is 8.56. The van der Waals surface area contributed by atoms with E-state index in [0.717, 1.165) is 36.9 Å². The molecule has 3 rings (SSSR count). The minimum absolute atomic E-state index is 0.00860. The van der Waals surface area contributed by atoms with Crippen molar-refractivity contribution in [2.45, 2.75) is 45.1 Å². The molecule has 2 aromatic rings. The van der Waals surface area contributed by atoms with E-state index in [0.29, 0.717) is 13.0 Å². The van der Waals surface area contributed by atoms with Crippen LogP contribution in [0, 0.1) is 5.92 Å². The summed E-state index contributed by atoms with van der Waals surface area (Å²) in [6, 6.07) is 9.39. The van der Waals surface area contributed by atoms with Crippen LogP contribution in [0.1, 0.15) is 38.2 Å². The quantitative estimate of drug-likeness (QED) is 0.800. The predicted octanol–water partition coefficient (Wildman–Crippen LogP) is 2.23. The smallest absolute Gasteiger partial charge is 0.242 e. The number of nitrogens with one attached hydrogen (secondary N) is 2. The molecule has 1 aliphatic carbocycles. The van der Waals surface area contributed by atoms with Gasteiger partial charge in [-0.15, -0.1) is 0 Å². The highest BCUT2D eigenvalue weighted by atomic mass is 16.2. The van der Waals surface area contributed by atoms with Gasteiger partial charge in [0, 0.05) is 18.7 Å². The molecule has 1 aromatic carbocycles. The fourth-order valence-electron chi connectivity index (χ4n) is 3.28. The summed E-state index contributed by atoms with van der Waals surface area (Å²) >= 11 is 0. The fraction of sp³-hybridized carbons (Fsp3) is 0.450. The topological polar surface area (TPSA) is 76.0 Å². The van der Waals surface area contributed by atoms with Gasteiger partial charge in [0.15, 0.2) is 0 Å². The van der Waals surface area contributed by atoms with Crippen LogP contribution in [0.3, 0.4) is 0 Å². The van der Waals surface area contributed by atoms with Crippen molar-refractivity contribution in [3.05, 3.63) is 48.3 Å². The molecular weight excluding hydrogens is 328 g/mol. The number of aromatic nitrogens is 2. The zero-order valence-electron chi connectivity index (χ0n) is 15.1. The van der Waals surface area contributed by atoms with E-state index in [1.165, 1.54) is 0 Å². The Labute approximate surface area is 154 Å². The highest BCUT2D eigenvalue weighted by Gasteiger charge is 2.25. The lowest BCUT2D eigenvalue weighted by atomic mass is 10.1. The molecule has 1 saturated carbocycles. The lowest BCUT2D eigenvalue weighted by Gasteiger charge is -2.16. The average Bonchev–Trinajstić information content (AvgIpc) is 3.34. The van der Waals surface area contributed by atoms with Gasteiger partial charge < -0.3 is 10.6 Å². The van der Waals surface area contributed by atoms with Crippen LogP contribution in [0.15, 0.2) is 42.7 Å². The van der Waals surface area contributed by atoms with Crippen LogP contribution >= 0.6 is 0 Å². The van der Waals surface area contributed by atoms with Gasteiger partial charge in [0.05, 0.1) is 11.9 Å². The van der Waals surface area contributed by atoms with Gasteiger partial charge in [-0.1, -0.05) is 31.0 Å². The third kappa shape index (κ3) is 4.71. The Balaban J connectivity index is 1.42. The van der Waals surface area contributed by atoms with Crippen LogP contribution in [-0.4, -0.2) is 34.2 Å². The van der Waals surface area contributed by atoms with Crippen molar-refractivity contribution >= 4 is 11.8 Å². The first-order chi connectivity index (χ1) is 12.6. The molecule has 0 bridgehead atoms. The maximum absolute atomic E-state index is 12.2. The average molecular weight is 354 g/mol. The maximum atomic E-state index is 12.2. The van der Waals surface area contributed by atoms with E-state index in [2.05, 4.69) is 15.7 Å². The van der Waals surface area contributed by atoms with Crippen molar-refractivity contribution in [2.75, 3.05) is 6.54 Å². The zero-order chi connectivity index (χ0) is 18.4. The standard InChI is InChI=1S/C20H26N4O2/c1-15(23-20(26)17-7-5-6-8-17)19(25)21-12-11-16-13-22-24(14-16)18-9-3-2-4-10-18/h2-4,9-10,13-15,17H,5-8,11-12H2,1H3,(H,21,25)(H,23,26). The second kappa shape index (κ2) is 8.65. The summed E-state index contributed by atoms with van der Waals surface area (Å²) in [5.41, 5.74) is 2.06. The second-order valence-corrected chi connectivity index (χ2v) is 6.88. The van der Waals surface area contributed by atoms with Gasteiger partial charge in [-0.05, 0) is 43.9 Å². The van der Waals surface area contributed by atoms with Crippen molar-refractivity contribution in [2.24, 2.45) is 5.92 Å². The molecule has 1 heterocycles. The Morgan fingerprint density at radius 2 is 1.96 bits per heavy atom. The number of hydrogen-bond donors (Lipinski definition) is 2. The number of hydrogen-bond acceptors (Lipinski definition) is 3. The van der Waals surface area contributed by atoms with Gasteiger partial charge in [0.25, 0.3) is 0 Å². The normalized spacial score (nSPS) is 15.6. The molecule has 1 fully saturated rings. The van der Waals surface area contributed by atoms with Crippen molar-refractivity contribution < 1.29 is 9.59 Å². The molecule has 138 valence electrons. The minimum atomic E-state index is -0.504. The van der Waals surface area contributed by atoms with Gasteiger partial charge in [-0.2, -0.15) is 5.10 Å². The summed E-state index contributed by atoms with van der Waals surface area (Å²) in [4.78, 5) is 24.3. The summed E-state index contributed by atoms with van der Waals surface area (Å²) < 4.78 is 1.82. The molecule has 6 heteroatoms. The van der Waals surface area contributed by atoms with Crippen LogP contribution in [0.25, 0.3) is 5.69 Å². The lowest BCUT2D eigenvalue weighted by molar-refractivity contribution is -0.130. The summed E-state index contributed by atoms with van der Waals surface area (Å²) in [5, 5.41) is 10.1. The number of rotatable bonds is 7. The first-order valence-corrected chi connectivity index (χ1v) is 9.30. The molecule has 6 nitrogen and oxygen atoms in total. The lowest BCUT2D eigenvalue weighted by Crippen LogP contribution is -2.46. The first-order valence-electron chi connectivity index (χ1n) is 9.30. The van der Waals surface area contributed by atoms with Gasteiger partial charge in [0.2, 0.25) is 11.8 Å². The Hall–Kier alpha value is -2.63. The molecule has 1 aliphatic rings. The molecule has 1 atom stereocenters. The number of benzene rings is 1. The predicted molar refractivity (Wildman–Crippen MR) is 99.8 cm³/mol. The van der Waals surface area contributed by atoms with E-state index in [1.54, 1.807) is 6.92 Å². The molecule has 2 N–H and O–H groups in total. The van der Waals surface area contributed by atoms with Crippen LogP contribution in [0.2, 0.25) is 0 Å². The van der Waals surface area contributed by atoms with Crippen LogP contribution in [-0.2, 0) is 16.0 Å². The number of amides is 2. The van der Waals surface area contributed by atoms with Gasteiger partial charge in [-0.3, -0.25) is 9.59 Å². The summed E-state index contributed by atoms with van der Waals surface area (Å²) in [7, 11) is 0. The fourth-order valence-corrected chi connectivity index (χ4v) is 3.28. The molecular formula is C20H26N4O2. The monoisotopic (exact) mass is 354 g/mol. The first kappa shape index (κ1) is 18.2. The highest BCUT2D eigenvalue weighted by Crippen LogP contribution is 2.24. The number of carbonyl (C=O) groups excluding carboxylic acids is 2. The number of para-hydroxylation sites is 1. The zero-order valence-corrected chi connectivity index (χ0v) is 15.1. The Morgan fingerprint density at radius 1 is 1.23 bits per heavy atom. The molecule has 0 radical (unpaired) electrons. The Bertz CT molecular complexity index is 735. The van der Waals surface area contributed by atoms with E-state index in [1.807, 2.05) is 47.4 Å². The Morgan fingerprint density at radius 3 is 2.69 bits per heavy atom. The second-order valence-electron chi connectivity index (χ2n) is 6.88. The summed E-state index contributed by atoms with van der Waals surface area (Å²) in [6.45, 7) is 2.25. The SMILES string of the molecule is CC(NC(=O)C1CCCC1)C(=O)NCCc1cnn(-c2ccccc2)c1. The third-order valence-corrected chi connectivity index (χ3v) is 4.85. The van der Waals surface area contributed by atoms with Crippen LogP contribution in [0.4, 0.5) is 0 Å². The molecule has 0 aliphatic heterocycles. The maximum Gasteiger partial charge on any atom is 0.242 e. The van der Waals surface area contributed by atoms with Crippen LogP contribution in [0.5, 0.6) is 0 Å². The molecule has 2 amide bonds. The van der Waals surface area contributed by atoms with E-state index < -0.39 is 6.04 Å².